The number of amides is 1. The zero-order valence-electron chi connectivity index (χ0n) is 13.1. The number of nitrogens with two attached hydrogens (primary N) is 2. The monoisotopic (exact) mass is 354 g/mol. The topological polar surface area (TPSA) is 156 Å². The number of aliphatic hydroxyl groups is 1. The van der Waals surface area contributed by atoms with Crippen LogP contribution in [0.5, 0.6) is 0 Å². The van der Waals surface area contributed by atoms with Gasteiger partial charge in [0.25, 0.3) is 0 Å². The van der Waals surface area contributed by atoms with Gasteiger partial charge in [-0.25, -0.2) is 4.98 Å². The van der Waals surface area contributed by atoms with Crippen LogP contribution in [0, 0.1) is 0 Å². The molecular weight excluding hydrogens is 332 g/mol. The van der Waals surface area contributed by atoms with E-state index in [-0.39, 0.29) is 17.6 Å². The number of nitrogens with one attached hydrogen (secondary N) is 2. The smallest absolute Gasteiger partial charge is 0.237 e. The Kier molecular flexibility index (Phi) is 6.64. The van der Waals surface area contributed by atoms with Crippen molar-refractivity contribution in [2.75, 3.05) is 13.1 Å². The molecule has 1 amide bonds. The maximum absolute atomic E-state index is 12.5. The number of carbonyl (C=O) groups excluding carboxylic acids is 2. The van der Waals surface area contributed by atoms with Crippen molar-refractivity contribution in [3.63, 3.8) is 0 Å². The van der Waals surface area contributed by atoms with Crippen molar-refractivity contribution in [1.82, 2.24) is 15.6 Å². The number of aromatic nitrogens is 1. The number of nitrogens with zero attached hydrogens (tertiary/aromatic N) is 2. The van der Waals surface area contributed by atoms with Crippen molar-refractivity contribution in [2.24, 2.45) is 16.5 Å². The van der Waals surface area contributed by atoms with Gasteiger partial charge in [0, 0.05) is 24.7 Å². The summed E-state index contributed by atoms with van der Waals surface area (Å²) in [6, 6.07) is -1.19. The van der Waals surface area contributed by atoms with Crippen LogP contribution in [0.2, 0.25) is 0 Å². The van der Waals surface area contributed by atoms with Crippen molar-refractivity contribution in [3.05, 3.63) is 16.6 Å². The number of thiazole rings is 1. The Morgan fingerprint density at radius 3 is 2.92 bits per heavy atom. The van der Waals surface area contributed by atoms with Crippen LogP contribution < -0.4 is 22.1 Å². The molecule has 1 fully saturated rings. The van der Waals surface area contributed by atoms with Gasteiger partial charge in [-0.15, -0.1) is 11.3 Å². The Balaban J connectivity index is 1.97. The van der Waals surface area contributed by atoms with E-state index in [9.17, 15) is 14.7 Å². The molecule has 9 nitrogen and oxygen atoms in total. The van der Waals surface area contributed by atoms with E-state index >= 15 is 0 Å². The van der Waals surface area contributed by atoms with Crippen LogP contribution in [0.3, 0.4) is 0 Å². The minimum atomic E-state index is -0.697. The highest BCUT2D eigenvalue weighted by molar-refractivity contribution is 7.11. The molecule has 132 valence electrons. The average molecular weight is 354 g/mol. The van der Waals surface area contributed by atoms with Crippen molar-refractivity contribution < 1.29 is 14.7 Å². The first-order valence-electron chi connectivity index (χ1n) is 7.68. The molecular formula is C14H22N6O3S. The normalized spacial score (nSPS) is 21.2. The average Bonchev–Trinajstić information content (AvgIpc) is 3.20. The molecule has 0 bridgehead atoms. The molecule has 7 N–H and O–H groups in total. The van der Waals surface area contributed by atoms with E-state index in [4.69, 9.17) is 11.5 Å². The van der Waals surface area contributed by atoms with Crippen molar-refractivity contribution in [3.8, 4) is 0 Å². The van der Waals surface area contributed by atoms with Gasteiger partial charge in [-0.1, -0.05) is 0 Å². The summed E-state index contributed by atoms with van der Waals surface area (Å²) in [5.74, 6) is -0.545. The van der Waals surface area contributed by atoms with Crippen LogP contribution in [-0.4, -0.2) is 59.0 Å². The Bertz CT molecular complexity index is 587. The molecule has 0 radical (unpaired) electrons. The lowest BCUT2D eigenvalue weighted by Crippen LogP contribution is -2.48. The zero-order chi connectivity index (χ0) is 17.5. The standard InChI is InChI=1S/C14H22N6O3S/c15-14(16)18-3-1-2-9(11(22)13-17-4-5-24-13)20-12(23)10-6-8(21)7-19-10/h4-5,8-10,19,21H,1-3,6-7H2,(H,20,23)(H4,15,16,18)/t8-,9?,10+/m1/s1. The maximum atomic E-state index is 12.5. The second-order valence-electron chi connectivity index (χ2n) is 5.56. The fraction of sp³-hybridized carbons (Fsp3) is 0.571. The number of hydrogen-bond donors (Lipinski definition) is 5. The van der Waals surface area contributed by atoms with Crippen LogP contribution in [0.15, 0.2) is 16.6 Å². The van der Waals surface area contributed by atoms with Gasteiger partial charge in [0.1, 0.15) is 0 Å². The molecule has 0 saturated carbocycles. The second kappa shape index (κ2) is 8.71. The Labute approximate surface area is 143 Å². The van der Waals surface area contributed by atoms with Crippen LogP contribution >= 0.6 is 11.3 Å². The SMILES string of the molecule is NC(N)=NCCCC(NC(=O)[C@@H]1C[C@@H](O)CN1)C(=O)c1nccs1. The molecule has 3 atom stereocenters. The van der Waals surface area contributed by atoms with Gasteiger partial charge < -0.3 is 27.2 Å². The van der Waals surface area contributed by atoms with Crippen LogP contribution in [0.1, 0.15) is 29.1 Å². The van der Waals surface area contributed by atoms with Gasteiger partial charge in [0.05, 0.1) is 18.2 Å². The third kappa shape index (κ3) is 5.25. The summed E-state index contributed by atoms with van der Waals surface area (Å²) in [5, 5.41) is 17.2. The van der Waals surface area contributed by atoms with Crippen molar-refractivity contribution in [2.45, 2.75) is 37.5 Å². The number of β-amino-alcohol motifs (C(OH)–C–C–N with tert-alkyl or cyclic N) is 1. The molecule has 1 aromatic rings. The van der Waals surface area contributed by atoms with E-state index < -0.39 is 18.2 Å². The summed E-state index contributed by atoms with van der Waals surface area (Å²) >= 11 is 1.23. The number of hydrogen-bond acceptors (Lipinski definition) is 7. The highest BCUT2D eigenvalue weighted by Crippen LogP contribution is 2.13. The number of aliphatic hydroxyl groups excluding tert-OH is 1. The minimum absolute atomic E-state index is 0.00835. The number of ketones is 1. The van der Waals surface area contributed by atoms with Crippen molar-refractivity contribution >= 4 is 29.0 Å². The predicted molar refractivity (Wildman–Crippen MR) is 90.7 cm³/mol. The number of rotatable bonds is 8. The minimum Gasteiger partial charge on any atom is -0.392 e. The highest BCUT2D eigenvalue weighted by Gasteiger charge is 2.31. The molecule has 0 spiro atoms. The summed E-state index contributed by atoms with van der Waals surface area (Å²) in [6.07, 6.45) is 2.27. The van der Waals surface area contributed by atoms with Gasteiger partial charge in [-0.2, -0.15) is 0 Å². The lowest BCUT2D eigenvalue weighted by atomic mass is 10.1. The van der Waals surface area contributed by atoms with Crippen LogP contribution in [-0.2, 0) is 4.79 Å². The summed E-state index contributed by atoms with van der Waals surface area (Å²) in [4.78, 5) is 32.7. The van der Waals surface area contributed by atoms with Crippen molar-refractivity contribution in [1.29, 1.82) is 0 Å². The largest absolute Gasteiger partial charge is 0.392 e. The van der Waals surface area contributed by atoms with Gasteiger partial charge >= 0.3 is 0 Å². The number of guanidine groups is 1. The summed E-state index contributed by atoms with van der Waals surface area (Å²) in [6.45, 7) is 0.744. The fourth-order valence-corrected chi connectivity index (χ4v) is 3.09. The second-order valence-corrected chi connectivity index (χ2v) is 6.46. The van der Waals surface area contributed by atoms with Crippen LogP contribution in [0.25, 0.3) is 0 Å². The predicted octanol–water partition coefficient (Wildman–Crippen LogP) is -1.41. The lowest BCUT2D eigenvalue weighted by molar-refractivity contribution is -0.123. The first-order chi connectivity index (χ1) is 11.5. The van der Waals surface area contributed by atoms with E-state index in [1.807, 2.05) is 0 Å². The third-order valence-electron chi connectivity index (χ3n) is 3.65. The summed E-state index contributed by atoms with van der Waals surface area (Å²) < 4.78 is 0. The molecule has 2 rings (SSSR count). The highest BCUT2D eigenvalue weighted by atomic mass is 32.1. The molecule has 2 heterocycles. The molecule has 24 heavy (non-hydrogen) atoms. The summed E-state index contributed by atoms with van der Waals surface area (Å²) in [7, 11) is 0. The fourth-order valence-electron chi connectivity index (χ4n) is 2.46. The Hall–Kier alpha value is -2.04. The van der Waals surface area contributed by atoms with E-state index in [1.54, 1.807) is 11.6 Å². The third-order valence-corrected chi connectivity index (χ3v) is 4.43. The Morgan fingerprint density at radius 1 is 1.54 bits per heavy atom. The molecule has 1 aliphatic rings. The van der Waals surface area contributed by atoms with Crippen LogP contribution in [0.4, 0.5) is 0 Å². The maximum Gasteiger partial charge on any atom is 0.237 e. The molecule has 1 aliphatic heterocycles. The quantitative estimate of drug-likeness (QED) is 0.166. The van der Waals surface area contributed by atoms with Gasteiger partial charge in [0.15, 0.2) is 11.0 Å². The molecule has 0 aliphatic carbocycles. The summed E-state index contributed by atoms with van der Waals surface area (Å²) in [5.41, 5.74) is 10.5. The van der Waals surface area contributed by atoms with E-state index in [1.165, 1.54) is 11.3 Å². The van der Waals surface area contributed by atoms with Gasteiger partial charge in [-0.05, 0) is 19.3 Å². The number of aliphatic imine (C=N–C) groups is 1. The van der Waals surface area contributed by atoms with Gasteiger partial charge in [-0.3, -0.25) is 14.6 Å². The number of Topliss-reactive ketones (excluding diaryl/α,β-unsaturated/α-hetero) is 1. The Morgan fingerprint density at radius 2 is 2.33 bits per heavy atom. The molecule has 0 aromatic carbocycles. The van der Waals surface area contributed by atoms with E-state index in [0.717, 1.165) is 0 Å². The van der Waals surface area contributed by atoms with E-state index in [2.05, 4.69) is 20.6 Å². The molecule has 1 aromatic heterocycles. The zero-order valence-corrected chi connectivity index (χ0v) is 14.0. The van der Waals surface area contributed by atoms with Gasteiger partial charge in [0.2, 0.25) is 11.7 Å². The number of carbonyl (C=O) groups is 2. The molecule has 1 unspecified atom stereocenters. The first-order valence-corrected chi connectivity index (χ1v) is 8.56. The lowest BCUT2D eigenvalue weighted by Gasteiger charge is -2.19. The molecule has 10 heteroatoms. The molecule has 1 saturated heterocycles. The first kappa shape index (κ1) is 18.3. The van der Waals surface area contributed by atoms with E-state index in [0.29, 0.717) is 37.4 Å².